The van der Waals surface area contributed by atoms with Gasteiger partial charge in [-0.3, -0.25) is 0 Å². The van der Waals surface area contributed by atoms with E-state index in [1.54, 1.807) is 25.4 Å². The number of ether oxygens (including phenoxy) is 1. The molecule has 0 spiro atoms. The Morgan fingerprint density at radius 2 is 1.89 bits per heavy atom. The molecule has 0 aliphatic rings. The Kier molecular flexibility index (Phi) is 5.64. The number of methoxy groups -OCH3 is 1. The highest BCUT2D eigenvalue weighted by Crippen LogP contribution is 2.26. The van der Waals surface area contributed by atoms with E-state index in [4.69, 9.17) is 4.74 Å². The lowest BCUT2D eigenvalue weighted by Crippen LogP contribution is -2.10. The summed E-state index contributed by atoms with van der Waals surface area (Å²) in [5, 5.41) is 12.5. The fourth-order valence-corrected chi connectivity index (χ4v) is 2.72. The zero-order chi connectivity index (χ0) is 19.2. The number of hydrogen-bond donors (Lipinski definition) is 1. The Balaban J connectivity index is 1.81. The van der Waals surface area contributed by atoms with Crippen molar-refractivity contribution in [3.05, 3.63) is 65.9 Å². The van der Waals surface area contributed by atoms with E-state index in [0.717, 1.165) is 23.5 Å². The van der Waals surface area contributed by atoms with Crippen LogP contribution in [0, 0.1) is 11.3 Å². The maximum Gasteiger partial charge on any atom is 0.227 e. The quantitative estimate of drug-likeness (QED) is 0.721. The third-order valence-electron chi connectivity index (χ3n) is 3.98. The molecule has 3 rings (SSSR count). The lowest BCUT2D eigenvalue weighted by Gasteiger charge is -2.11. The third kappa shape index (κ3) is 4.60. The first-order chi connectivity index (χ1) is 13.1. The van der Waals surface area contributed by atoms with Crippen molar-refractivity contribution in [3.8, 4) is 23.1 Å². The molecule has 6 heteroatoms. The highest BCUT2D eigenvalue weighted by molar-refractivity contribution is 5.65. The first-order valence-corrected chi connectivity index (χ1v) is 8.51. The van der Waals surface area contributed by atoms with Crippen LogP contribution in [0.15, 0.2) is 54.7 Å². The van der Waals surface area contributed by atoms with Crippen LogP contribution in [0.5, 0.6) is 5.75 Å². The summed E-state index contributed by atoms with van der Waals surface area (Å²) in [4.78, 5) is 11.0. The predicted molar refractivity (Wildman–Crippen MR) is 106 cm³/mol. The number of aromatic nitrogens is 2. The van der Waals surface area contributed by atoms with Crippen molar-refractivity contribution in [3.63, 3.8) is 0 Å². The molecule has 0 saturated carbocycles. The largest absolute Gasteiger partial charge is 0.495 e. The van der Waals surface area contributed by atoms with E-state index in [1.807, 2.05) is 38.4 Å². The molecule has 0 atom stereocenters. The molecular formula is C21H21N5O. The van der Waals surface area contributed by atoms with Gasteiger partial charge in [0.05, 0.1) is 18.4 Å². The van der Waals surface area contributed by atoms with E-state index < -0.39 is 0 Å². The van der Waals surface area contributed by atoms with E-state index >= 15 is 0 Å². The van der Waals surface area contributed by atoms with Crippen molar-refractivity contribution in [2.45, 2.75) is 6.54 Å². The maximum atomic E-state index is 9.27. The van der Waals surface area contributed by atoms with E-state index in [2.05, 4.69) is 38.4 Å². The fraction of sp³-hybridized carbons (Fsp3) is 0.190. The highest BCUT2D eigenvalue weighted by atomic mass is 16.5. The topological polar surface area (TPSA) is 74.1 Å². The van der Waals surface area contributed by atoms with Crippen molar-refractivity contribution in [1.29, 1.82) is 5.26 Å². The SMILES string of the molecule is COc1ccc(-c2ccnc(Nc3ccc(CN(C)C)cc3)n2)cc1C#N. The molecule has 0 bridgehead atoms. The molecule has 1 aromatic heterocycles. The number of rotatable bonds is 6. The van der Waals surface area contributed by atoms with Gasteiger partial charge in [-0.1, -0.05) is 12.1 Å². The summed E-state index contributed by atoms with van der Waals surface area (Å²) in [6.45, 7) is 0.894. The number of nitrogens with zero attached hydrogens (tertiary/aromatic N) is 4. The number of anilines is 2. The minimum absolute atomic E-state index is 0.472. The first-order valence-electron chi connectivity index (χ1n) is 8.51. The van der Waals surface area contributed by atoms with Crippen LogP contribution in [0.3, 0.4) is 0 Å². The molecule has 3 aromatic rings. The van der Waals surface area contributed by atoms with Crippen LogP contribution in [0.4, 0.5) is 11.6 Å². The molecule has 0 saturated heterocycles. The highest BCUT2D eigenvalue weighted by Gasteiger charge is 2.08. The van der Waals surface area contributed by atoms with E-state index in [9.17, 15) is 5.26 Å². The summed E-state index contributed by atoms with van der Waals surface area (Å²) in [5.41, 5.74) is 4.19. The van der Waals surface area contributed by atoms with Crippen molar-refractivity contribution in [2.75, 3.05) is 26.5 Å². The second-order valence-electron chi connectivity index (χ2n) is 6.35. The summed E-state index contributed by atoms with van der Waals surface area (Å²) >= 11 is 0. The van der Waals surface area contributed by atoms with Gasteiger partial charge in [-0.15, -0.1) is 0 Å². The number of hydrogen-bond acceptors (Lipinski definition) is 6. The molecular weight excluding hydrogens is 338 g/mol. The average Bonchev–Trinajstić information content (AvgIpc) is 2.69. The van der Waals surface area contributed by atoms with E-state index in [0.29, 0.717) is 17.3 Å². The van der Waals surface area contributed by atoms with E-state index in [1.165, 1.54) is 5.56 Å². The molecule has 1 N–H and O–H groups in total. The van der Waals surface area contributed by atoms with Crippen LogP contribution in [0.25, 0.3) is 11.3 Å². The second-order valence-corrected chi connectivity index (χ2v) is 6.35. The van der Waals surface area contributed by atoms with Gasteiger partial charge in [-0.05, 0) is 56.1 Å². The average molecular weight is 359 g/mol. The molecule has 0 aliphatic carbocycles. The fourth-order valence-electron chi connectivity index (χ4n) is 2.72. The summed E-state index contributed by atoms with van der Waals surface area (Å²) in [7, 11) is 5.64. The van der Waals surface area contributed by atoms with Crippen molar-refractivity contribution >= 4 is 11.6 Å². The smallest absolute Gasteiger partial charge is 0.227 e. The van der Waals surface area contributed by atoms with Gasteiger partial charge in [-0.2, -0.15) is 5.26 Å². The molecule has 0 unspecified atom stereocenters. The normalized spacial score (nSPS) is 10.5. The Hall–Kier alpha value is -3.43. The van der Waals surface area contributed by atoms with Gasteiger partial charge in [0.1, 0.15) is 11.8 Å². The van der Waals surface area contributed by atoms with Crippen LogP contribution in [-0.4, -0.2) is 36.1 Å². The van der Waals surface area contributed by atoms with Crippen LogP contribution in [-0.2, 0) is 6.54 Å². The third-order valence-corrected chi connectivity index (χ3v) is 3.98. The zero-order valence-electron chi connectivity index (χ0n) is 15.6. The summed E-state index contributed by atoms with van der Waals surface area (Å²) in [6.07, 6.45) is 1.70. The molecule has 0 amide bonds. The molecule has 2 aromatic carbocycles. The van der Waals surface area contributed by atoms with Gasteiger partial charge < -0.3 is 15.0 Å². The Morgan fingerprint density at radius 3 is 2.56 bits per heavy atom. The van der Waals surface area contributed by atoms with E-state index in [-0.39, 0.29) is 0 Å². The van der Waals surface area contributed by atoms with Crippen molar-refractivity contribution in [1.82, 2.24) is 14.9 Å². The molecule has 27 heavy (non-hydrogen) atoms. The van der Waals surface area contributed by atoms with Gasteiger partial charge in [0.25, 0.3) is 0 Å². The minimum Gasteiger partial charge on any atom is -0.495 e. The lowest BCUT2D eigenvalue weighted by molar-refractivity contribution is 0.402. The molecule has 6 nitrogen and oxygen atoms in total. The van der Waals surface area contributed by atoms with Gasteiger partial charge in [0, 0.05) is 24.0 Å². The van der Waals surface area contributed by atoms with Crippen LogP contribution in [0.2, 0.25) is 0 Å². The van der Waals surface area contributed by atoms with Crippen LogP contribution < -0.4 is 10.1 Å². The zero-order valence-corrected chi connectivity index (χ0v) is 15.6. The molecule has 1 heterocycles. The van der Waals surface area contributed by atoms with Crippen molar-refractivity contribution in [2.24, 2.45) is 0 Å². The predicted octanol–water partition coefficient (Wildman–Crippen LogP) is 3.83. The van der Waals surface area contributed by atoms with Gasteiger partial charge in [-0.25, -0.2) is 9.97 Å². The lowest BCUT2D eigenvalue weighted by atomic mass is 10.1. The monoisotopic (exact) mass is 359 g/mol. The summed E-state index contributed by atoms with van der Waals surface area (Å²) in [6, 6.07) is 17.5. The molecule has 0 radical (unpaired) electrons. The molecule has 0 aliphatic heterocycles. The number of nitrogens with one attached hydrogen (secondary N) is 1. The van der Waals surface area contributed by atoms with Crippen LogP contribution >= 0.6 is 0 Å². The maximum absolute atomic E-state index is 9.27. The van der Waals surface area contributed by atoms with Crippen LogP contribution in [0.1, 0.15) is 11.1 Å². The van der Waals surface area contributed by atoms with Gasteiger partial charge in [0.15, 0.2) is 0 Å². The summed E-state index contributed by atoms with van der Waals surface area (Å²) < 4.78 is 5.19. The summed E-state index contributed by atoms with van der Waals surface area (Å²) in [5.74, 6) is 1.05. The Morgan fingerprint density at radius 1 is 1.11 bits per heavy atom. The Bertz CT molecular complexity index is 961. The number of benzene rings is 2. The van der Waals surface area contributed by atoms with Gasteiger partial charge >= 0.3 is 0 Å². The number of nitriles is 1. The van der Waals surface area contributed by atoms with Gasteiger partial charge in [0.2, 0.25) is 5.95 Å². The second kappa shape index (κ2) is 8.30. The minimum atomic E-state index is 0.472. The molecule has 136 valence electrons. The standard InChI is InChI=1S/C21H21N5O/c1-26(2)14-15-4-7-18(8-5-15)24-21-23-11-10-19(25-21)16-6-9-20(27-3)17(12-16)13-22/h4-12H,14H2,1-3H3,(H,23,24,25). The first kappa shape index (κ1) is 18.4. The van der Waals surface area contributed by atoms with Crippen molar-refractivity contribution < 1.29 is 4.74 Å². The Labute approximate surface area is 159 Å². The molecule has 0 fully saturated rings.